The molecule has 1 aliphatic rings. The summed E-state index contributed by atoms with van der Waals surface area (Å²) in [6.45, 7) is 3.47. The Kier molecular flexibility index (Phi) is 8.53. The van der Waals surface area contributed by atoms with Gasteiger partial charge in [-0.25, -0.2) is 4.98 Å². The van der Waals surface area contributed by atoms with Crippen molar-refractivity contribution >= 4 is 16.0 Å². The molecule has 0 spiro atoms. The van der Waals surface area contributed by atoms with Crippen LogP contribution in [0.5, 0.6) is 0 Å². The number of oxazole rings is 1. The van der Waals surface area contributed by atoms with Crippen LogP contribution in [0.25, 0.3) is 11.5 Å². The van der Waals surface area contributed by atoms with Gasteiger partial charge in [-0.15, -0.1) is 0 Å². The standard InChI is InChI=1S/C19H22N4O2.CH4O3S/c1-14-17(22-19(25-14)15-6-3-2-4-7-15)9-10-21-13-18(24)23-11-5-8-16(23)12-20;1-5(2,3)4/h2-4,6-7,16,21H,5,8-11,13H2,1H3;1H3,(H,2,3,4)/t16-;/m0./s1. The number of carbonyl (C=O) groups is 1. The molecule has 0 bridgehead atoms. The van der Waals surface area contributed by atoms with Gasteiger partial charge in [-0.2, -0.15) is 13.7 Å². The molecule has 0 saturated carbocycles. The van der Waals surface area contributed by atoms with Gasteiger partial charge in [0.2, 0.25) is 11.8 Å². The van der Waals surface area contributed by atoms with Gasteiger partial charge in [0, 0.05) is 25.1 Å². The monoisotopic (exact) mass is 434 g/mol. The second kappa shape index (κ2) is 10.9. The smallest absolute Gasteiger partial charge is 0.261 e. The number of amides is 1. The minimum absolute atomic E-state index is 0.00843. The first-order valence-electron chi connectivity index (χ1n) is 9.53. The Labute approximate surface area is 176 Å². The van der Waals surface area contributed by atoms with Crippen molar-refractivity contribution in [3.63, 3.8) is 0 Å². The van der Waals surface area contributed by atoms with Crippen molar-refractivity contribution < 1.29 is 22.2 Å². The van der Waals surface area contributed by atoms with Crippen LogP contribution in [0, 0.1) is 18.3 Å². The molecule has 0 unspecified atom stereocenters. The molecule has 1 aliphatic heterocycles. The fourth-order valence-electron chi connectivity index (χ4n) is 3.07. The molecule has 10 heteroatoms. The van der Waals surface area contributed by atoms with Crippen LogP contribution in [-0.4, -0.2) is 60.7 Å². The average molecular weight is 435 g/mol. The predicted molar refractivity (Wildman–Crippen MR) is 111 cm³/mol. The predicted octanol–water partition coefficient (Wildman–Crippen LogP) is 1.80. The van der Waals surface area contributed by atoms with Crippen LogP contribution < -0.4 is 5.32 Å². The van der Waals surface area contributed by atoms with Gasteiger partial charge in [0.1, 0.15) is 11.8 Å². The Bertz CT molecular complexity index is 974. The Morgan fingerprint density at radius 1 is 1.40 bits per heavy atom. The van der Waals surface area contributed by atoms with E-state index < -0.39 is 10.1 Å². The van der Waals surface area contributed by atoms with Gasteiger partial charge in [-0.1, -0.05) is 18.2 Å². The van der Waals surface area contributed by atoms with Crippen LogP contribution >= 0.6 is 0 Å². The fourth-order valence-corrected chi connectivity index (χ4v) is 3.07. The molecule has 162 valence electrons. The summed E-state index contributed by atoms with van der Waals surface area (Å²) in [5.74, 6) is 1.42. The van der Waals surface area contributed by atoms with Crippen molar-refractivity contribution in [2.24, 2.45) is 0 Å². The molecular weight excluding hydrogens is 408 g/mol. The summed E-state index contributed by atoms with van der Waals surface area (Å²) < 4.78 is 31.6. The van der Waals surface area contributed by atoms with Gasteiger partial charge in [-0.3, -0.25) is 9.35 Å². The van der Waals surface area contributed by atoms with Gasteiger partial charge < -0.3 is 14.6 Å². The lowest BCUT2D eigenvalue weighted by Gasteiger charge is -2.19. The minimum atomic E-state index is -3.67. The maximum Gasteiger partial charge on any atom is 0.261 e. The highest BCUT2D eigenvalue weighted by Crippen LogP contribution is 2.21. The molecule has 2 heterocycles. The van der Waals surface area contributed by atoms with Crippen LogP contribution in [-0.2, 0) is 21.3 Å². The molecule has 3 rings (SSSR count). The van der Waals surface area contributed by atoms with Crippen LogP contribution in [0.15, 0.2) is 34.7 Å². The van der Waals surface area contributed by atoms with E-state index in [-0.39, 0.29) is 18.5 Å². The quantitative estimate of drug-likeness (QED) is 0.519. The summed E-state index contributed by atoms with van der Waals surface area (Å²) in [5, 5.41) is 12.2. The summed E-state index contributed by atoms with van der Waals surface area (Å²) in [4.78, 5) is 18.4. The Balaban J connectivity index is 0.000000575. The maximum absolute atomic E-state index is 12.2. The second-order valence-corrected chi connectivity index (χ2v) is 8.39. The zero-order chi connectivity index (χ0) is 22.1. The number of carbonyl (C=O) groups excluding carboxylic acids is 1. The lowest BCUT2D eigenvalue weighted by molar-refractivity contribution is -0.130. The van der Waals surface area contributed by atoms with Gasteiger partial charge in [0.15, 0.2) is 0 Å². The molecule has 1 fully saturated rings. The SMILES string of the molecule is CS(=O)(=O)O.Cc1oc(-c2ccccc2)nc1CCNCC(=O)N1CCC[C@H]1C#N. The van der Waals surface area contributed by atoms with Crippen LogP contribution in [0.4, 0.5) is 0 Å². The number of hydrogen-bond donors (Lipinski definition) is 2. The van der Waals surface area contributed by atoms with E-state index in [1.165, 1.54) is 0 Å². The molecule has 30 heavy (non-hydrogen) atoms. The normalized spacial score (nSPS) is 15.9. The van der Waals surface area contributed by atoms with E-state index >= 15 is 0 Å². The second-order valence-electron chi connectivity index (χ2n) is 6.92. The summed E-state index contributed by atoms with van der Waals surface area (Å²) >= 11 is 0. The zero-order valence-electron chi connectivity index (χ0n) is 17.0. The first kappa shape index (κ1) is 23.5. The number of nitriles is 1. The molecule has 1 atom stereocenters. The third kappa shape index (κ3) is 7.59. The first-order valence-corrected chi connectivity index (χ1v) is 11.4. The summed E-state index contributed by atoms with van der Waals surface area (Å²) in [5.41, 5.74) is 1.85. The number of benzene rings is 1. The van der Waals surface area contributed by atoms with Crippen LogP contribution in [0.3, 0.4) is 0 Å². The fraction of sp³-hybridized carbons (Fsp3) is 0.450. The van der Waals surface area contributed by atoms with Gasteiger partial charge in [0.05, 0.1) is 24.6 Å². The molecule has 1 amide bonds. The van der Waals surface area contributed by atoms with Gasteiger partial charge in [0.25, 0.3) is 10.1 Å². The molecule has 9 nitrogen and oxygen atoms in total. The van der Waals surface area contributed by atoms with Crippen molar-refractivity contribution in [2.45, 2.75) is 32.2 Å². The molecule has 0 aliphatic carbocycles. The highest BCUT2D eigenvalue weighted by molar-refractivity contribution is 7.85. The molecule has 0 radical (unpaired) electrons. The highest BCUT2D eigenvalue weighted by atomic mass is 32.2. The van der Waals surface area contributed by atoms with E-state index in [1.807, 2.05) is 37.3 Å². The van der Waals surface area contributed by atoms with Crippen LogP contribution in [0.1, 0.15) is 24.3 Å². The molecule has 1 aromatic carbocycles. The summed E-state index contributed by atoms with van der Waals surface area (Å²) in [6.07, 6.45) is 3.09. The van der Waals surface area contributed by atoms with Gasteiger partial charge >= 0.3 is 0 Å². The Morgan fingerprint density at radius 3 is 2.70 bits per heavy atom. The summed E-state index contributed by atoms with van der Waals surface area (Å²) in [7, 11) is -3.67. The molecule has 1 saturated heterocycles. The Morgan fingerprint density at radius 2 is 2.07 bits per heavy atom. The highest BCUT2D eigenvalue weighted by Gasteiger charge is 2.27. The van der Waals surface area contributed by atoms with E-state index in [9.17, 15) is 13.2 Å². The number of nitrogens with one attached hydrogen (secondary N) is 1. The number of aryl methyl sites for hydroxylation is 1. The third-order valence-corrected chi connectivity index (χ3v) is 4.45. The largest absolute Gasteiger partial charge is 0.441 e. The maximum atomic E-state index is 12.2. The van der Waals surface area contributed by atoms with E-state index in [0.717, 1.165) is 29.9 Å². The topological polar surface area (TPSA) is 137 Å². The average Bonchev–Trinajstić information content (AvgIpc) is 3.31. The van der Waals surface area contributed by atoms with Crippen molar-refractivity contribution in [2.75, 3.05) is 25.9 Å². The van der Waals surface area contributed by atoms with Crippen LogP contribution in [0.2, 0.25) is 0 Å². The lowest BCUT2D eigenvalue weighted by atomic mass is 10.2. The first-order chi connectivity index (χ1) is 14.2. The van der Waals surface area contributed by atoms with Crippen molar-refractivity contribution in [3.05, 3.63) is 41.8 Å². The number of nitrogens with zero attached hydrogens (tertiary/aromatic N) is 3. The number of likely N-dealkylation sites (tertiary alicyclic amines) is 1. The van der Waals surface area contributed by atoms with Crippen molar-refractivity contribution in [1.29, 1.82) is 5.26 Å². The molecular formula is C20H26N4O5S. The summed E-state index contributed by atoms with van der Waals surface area (Å²) in [6, 6.07) is 11.7. The minimum Gasteiger partial charge on any atom is -0.441 e. The molecule has 2 N–H and O–H groups in total. The number of rotatable bonds is 6. The Hall–Kier alpha value is -2.74. The molecule has 2 aromatic rings. The third-order valence-electron chi connectivity index (χ3n) is 4.45. The number of aromatic nitrogens is 1. The number of hydrogen-bond acceptors (Lipinski definition) is 7. The molecule has 1 aromatic heterocycles. The van der Waals surface area contributed by atoms with E-state index in [2.05, 4.69) is 16.4 Å². The van der Waals surface area contributed by atoms with Gasteiger partial charge in [-0.05, 0) is 31.9 Å². The van der Waals surface area contributed by atoms with E-state index in [4.69, 9.17) is 14.2 Å². The lowest BCUT2D eigenvalue weighted by Crippen LogP contribution is -2.41. The van der Waals surface area contributed by atoms with E-state index in [1.54, 1.807) is 4.90 Å². The van der Waals surface area contributed by atoms with E-state index in [0.29, 0.717) is 31.7 Å². The zero-order valence-corrected chi connectivity index (χ0v) is 17.9. The van der Waals surface area contributed by atoms with Crippen molar-refractivity contribution in [3.8, 4) is 17.5 Å². The van der Waals surface area contributed by atoms with Crippen molar-refractivity contribution in [1.82, 2.24) is 15.2 Å².